The highest BCUT2D eigenvalue weighted by Gasteiger charge is 2.26. The second-order valence-corrected chi connectivity index (χ2v) is 10.0. The molecule has 0 aliphatic carbocycles. The topological polar surface area (TPSA) is 93.4 Å². The number of anilines is 2. The summed E-state index contributed by atoms with van der Waals surface area (Å²) < 4.78 is 31.8. The van der Waals surface area contributed by atoms with Gasteiger partial charge >= 0.3 is 0 Å². The van der Waals surface area contributed by atoms with Crippen molar-refractivity contribution in [1.82, 2.24) is 9.36 Å². The molecule has 1 N–H and O–H groups in total. The molecule has 10 heteroatoms. The van der Waals surface area contributed by atoms with Gasteiger partial charge in [-0.15, -0.1) is 11.8 Å². The van der Waals surface area contributed by atoms with Crippen LogP contribution in [-0.2, 0) is 21.9 Å². The maximum Gasteiger partial charge on any atom is 0.296 e. The number of hydrogen-bond acceptors (Lipinski definition) is 5. The number of carbonyl (C=O) groups excluding carboxylic acids is 1. The summed E-state index contributed by atoms with van der Waals surface area (Å²) >= 11 is 1.58. The summed E-state index contributed by atoms with van der Waals surface area (Å²) in [4.78, 5) is 27.5. The lowest BCUT2D eigenvalue weighted by Gasteiger charge is -2.28. The molecule has 0 radical (unpaired) electrons. The SMILES string of the molecule is CC(=O)N1CCSc2ccc(S(=O)(=O)Nc3c(C)n(C)n(-c4ccccc4)c3=O)cc21. The summed E-state index contributed by atoms with van der Waals surface area (Å²) in [5.74, 6) is 0.604. The molecule has 1 aliphatic rings. The van der Waals surface area contributed by atoms with Crippen molar-refractivity contribution in [2.24, 2.45) is 7.05 Å². The van der Waals surface area contributed by atoms with E-state index in [9.17, 15) is 18.0 Å². The molecule has 0 bridgehead atoms. The molecule has 162 valence electrons. The Morgan fingerprint density at radius 1 is 1.13 bits per heavy atom. The van der Waals surface area contributed by atoms with Gasteiger partial charge in [0, 0.05) is 31.2 Å². The van der Waals surface area contributed by atoms with Gasteiger partial charge in [-0.3, -0.25) is 19.0 Å². The standard InChI is InChI=1S/C21H22N4O4S2/c1-14-20(21(27)25(23(14)3)16-7-5-4-6-8-16)22-31(28,29)17-9-10-19-18(13-17)24(15(2)26)11-12-30-19/h4-10,13,22H,11-12H2,1-3H3. The molecule has 31 heavy (non-hydrogen) atoms. The number of nitrogens with zero attached hydrogens (tertiary/aromatic N) is 3. The first-order valence-electron chi connectivity index (χ1n) is 9.62. The lowest BCUT2D eigenvalue weighted by molar-refractivity contribution is -0.116. The van der Waals surface area contributed by atoms with Gasteiger partial charge < -0.3 is 4.90 Å². The van der Waals surface area contributed by atoms with Crippen LogP contribution in [0.2, 0.25) is 0 Å². The second-order valence-electron chi connectivity index (χ2n) is 7.19. The zero-order chi connectivity index (χ0) is 22.3. The molecule has 2 aromatic carbocycles. The zero-order valence-electron chi connectivity index (χ0n) is 17.3. The Bertz CT molecular complexity index is 1330. The summed E-state index contributed by atoms with van der Waals surface area (Å²) in [5.41, 5.74) is 1.20. The number of sulfonamides is 1. The van der Waals surface area contributed by atoms with E-state index in [4.69, 9.17) is 0 Å². The van der Waals surface area contributed by atoms with Crippen LogP contribution in [-0.4, -0.2) is 36.0 Å². The van der Waals surface area contributed by atoms with Gasteiger partial charge in [0.15, 0.2) is 0 Å². The van der Waals surface area contributed by atoms with Crippen molar-refractivity contribution in [1.29, 1.82) is 0 Å². The number of para-hydroxylation sites is 1. The van der Waals surface area contributed by atoms with Crippen LogP contribution >= 0.6 is 11.8 Å². The lowest BCUT2D eigenvalue weighted by Crippen LogP contribution is -2.33. The van der Waals surface area contributed by atoms with Crippen molar-refractivity contribution < 1.29 is 13.2 Å². The summed E-state index contributed by atoms with van der Waals surface area (Å²) in [6.45, 7) is 3.65. The fourth-order valence-corrected chi connectivity index (χ4v) is 5.68. The minimum Gasteiger partial charge on any atom is -0.311 e. The Hall–Kier alpha value is -2.98. The van der Waals surface area contributed by atoms with E-state index in [1.165, 1.54) is 23.7 Å². The van der Waals surface area contributed by atoms with E-state index in [1.807, 2.05) is 6.07 Å². The van der Waals surface area contributed by atoms with Crippen molar-refractivity contribution in [3.8, 4) is 5.69 Å². The number of carbonyl (C=O) groups is 1. The summed E-state index contributed by atoms with van der Waals surface area (Å²) in [6.07, 6.45) is 0. The van der Waals surface area contributed by atoms with E-state index < -0.39 is 15.6 Å². The molecule has 0 spiro atoms. The average Bonchev–Trinajstić information content (AvgIpc) is 2.96. The second kappa shape index (κ2) is 7.93. The molecule has 1 aromatic heterocycles. The Labute approximate surface area is 184 Å². The first-order valence-corrected chi connectivity index (χ1v) is 12.1. The fraction of sp³-hybridized carbons (Fsp3) is 0.238. The predicted octanol–water partition coefficient (Wildman–Crippen LogP) is 2.74. The molecule has 0 unspecified atom stereocenters. The van der Waals surface area contributed by atoms with Crippen molar-refractivity contribution in [2.75, 3.05) is 21.9 Å². The summed E-state index contributed by atoms with van der Waals surface area (Å²) in [6, 6.07) is 13.7. The maximum absolute atomic E-state index is 13.1. The van der Waals surface area contributed by atoms with Crippen LogP contribution in [0, 0.1) is 6.92 Å². The van der Waals surface area contributed by atoms with E-state index in [-0.39, 0.29) is 16.5 Å². The minimum absolute atomic E-state index is 0.00564. The monoisotopic (exact) mass is 458 g/mol. The van der Waals surface area contributed by atoms with Crippen molar-refractivity contribution in [3.63, 3.8) is 0 Å². The van der Waals surface area contributed by atoms with Crippen molar-refractivity contribution in [2.45, 2.75) is 23.6 Å². The van der Waals surface area contributed by atoms with Crippen LogP contribution in [0.1, 0.15) is 12.6 Å². The predicted molar refractivity (Wildman–Crippen MR) is 122 cm³/mol. The molecular weight excluding hydrogens is 436 g/mol. The molecule has 3 aromatic rings. The minimum atomic E-state index is -4.05. The smallest absolute Gasteiger partial charge is 0.296 e. The fourth-order valence-electron chi connectivity index (χ4n) is 3.57. The molecular formula is C21H22N4O4S2. The Kier molecular flexibility index (Phi) is 5.44. The molecule has 0 fully saturated rings. The number of rotatable bonds is 4. The van der Waals surface area contributed by atoms with Gasteiger partial charge in [-0.25, -0.2) is 13.1 Å². The first-order chi connectivity index (χ1) is 14.7. The lowest BCUT2D eigenvalue weighted by atomic mass is 10.2. The third-order valence-corrected chi connectivity index (χ3v) is 7.67. The van der Waals surface area contributed by atoms with Gasteiger partial charge in [-0.1, -0.05) is 18.2 Å². The van der Waals surface area contributed by atoms with Gasteiger partial charge in [0.2, 0.25) is 5.91 Å². The van der Waals surface area contributed by atoms with Crippen LogP contribution in [0.3, 0.4) is 0 Å². The summed E-state index contributed by atoms with van der Waals surface area (Å²) in [7, 11) is -2.35. The molecule has 0 saturated carbocycles. The number of nitrogens with one attached hydrogen (secondary N) is 1. The highest BCUT2D eigenvalue weighted by Crippen LogP contribution is 2.36. The van der Waals surface area contributed by atoms with Gasteiger partial charge in [-0.2, -0.15) is 0 Å². The number of hydrogen-bond donors (Lipinski definition) is 1. The van der Waals surface area contributed by atoms with E-state index in [0.29, 0.717) is 23.6 Å². The molecule has 0 saturated heterocycles. The molecule has 8 nitrogen and oxygen atoms in total. The molecule has 2 heterocycles. The van der Waals surface area contributed by atoms with Crippen LogP contribution in [0.25, 0.3) is 5.69 Å². The van der Waals surface area contributed by atoms with Crippen LogP contribution in [0.15, 0.2) is 63.1 Å². The Morgan fingerprint density at radius 3 is 2.52 bits per heavy atom. The van der Waals surface area contributed by atoms with Crippen LogP contribution in [0.4, 0.5) is 11.4 Å². The van der Waals surface area contributed by atoms with Crippen LogP contribution in [0.5, 0.6) is 0 Å². The van der Waals surface area contributed by atoms with Crippen LogP contribution < -0.4 is 15.2 Å². The van der Waals surface area contributed by atoms with E-state index >= 15 is 0 Å². The zero-order valence-corrected chi connectivity index (χ0v) is 19.0. The number of fused-ring (bicyclic) bond motifs is 1. The average molecular weight is 459 g/mol. The molecule has 4 rings (SSSR count). The number of amides is 1. The Morgan fingerprint density at radius 2 is 1.84 bits per heavy atom. The highest BCUT2D eigenvalue weighted by molar-refractivity contribution is 7.99. The van der Waals surface area contributed by atoms with Gasteiger partial charge in [0.05, 0.1) is 22.0 Å². The maximum atomic E-state index is 13.1. The largest absolute Gasteiger partial charge is 0.311 e. The summed E-state index contributed by atoms with van der Waals surface area (Å²) in [5, 5.41) is 0. The molecule has 1 amide bonds. The quantitative estimate of drug-likeness (QED) is 0.649. The van der Waals surface area contributed by atoms with E-state index in [1.54, 1.807) is 65.6 Å². The number of thioether (sulfide) groups is 1. The third kappa shape index (κ3) is 3.77. The third-order valence-electron chi connectivity index (χ3n) is 5.27. The van der Waals surface area contributed by atoms with E-state index in [2.05, 4.69) is 4.72 Å². The van der Waals surface area contributed by atoms with Crippen molar-refractivity contribution >= 4 is 39.1 Å². The number of aromatic nitrogens is 2. The highest BCUT2D eigenvalue weighted by atomic mass is 32.2. The number of benzene rings is 2. The Balaban J connectivity index is 1.75. The van der Waals surface area contributed by atoms with Gasteiger partial charge in [0.1, 0.15) is 5.69 Å². The first kappa shape index (κ1) is 21.3. The molecule has 1 aliphatic heterocycles. The van der Waals surface area contributed by atoms with E-state index in [0.717, 1.165) is 10.6 Å². The normalized spacial score (nSPS) is 13.7. The van der Waals surface area contributed by atoms with Gasteiger partial charge in [-0.05, 0) is 37.3 Å². The van der Waals surface area contributed by atoms with Crippen molar-refractivity contribution in [3.05, 3.63) is 64.6 Å². The van der Waals surface area contributed by atoms with Gasteiger partial charge in [0.25, 0.3) is 15.6 Å². The molecule has 0 atom stereocenters.